The number of ether oxygens (including phenoxy) is 3. The minimum absolute atomic E-state index is 0.288. The van der Waals surface area contributed by atoms with Crippen LogP contribution in [0, 0.1) is 0 Å². The molecule has 2 aliphatic heterocycles. The number of aliphatic hydroxyl groups excluding tert-OH is 1. The summed E-state index contributed by atoms with van der Waals surface area (Å²) in [6.45, 7) is 3.23. The lowest BCUT2D eigenvalue weighted by atomic mass is 10.0. The van der Waals surface area contributed by atoms with Crippen molar-refractivity contribution in [3.63, 3.8) is 0 Å². The summed E-state index contributed by atoms with van der Waals surface area (Å²) in [6, 6.07) is 0. The Balaban J connectivity index is 1.84. The van der Waals surface area contributed by atoms with Crippen molar-refractivity contribution in [1.29, 1.82) is 0 Å². The molecule has 0 amide bonds. The quantitative estimate of drug-likeness (QED) is 0.716. The highest BCUT2D eigenvalue weighted by molar-refractivity contribution is 7.11. The Morgan fingerprint density at radius 3 is 2.83 bits per heavy atom. The van der Waals surface area contributed by atoms with Crippen molar-refractivity contribution < 1.29 is 24.4 Å². The number of rotatable bonds is 2. The van der Waals surface area contributed by atoms with Crippen LogP contribution in [-0.2, 0) is 20.0 Å². The fourth-order valence-electron chi connectivity index (χ4n) is 3.19. The largest absolute Gasteiger partial charge is 0.394 e. The zero-order valence-corrected chi connectivity index (χ0v) is 13.4. The molecule has 0 bridgehead atoms. The predicted molar refractivity (Wildman–Crippen MR) is 81.5 cm³/mol. The molecule has 2 saturated heterocycles. The topological polar surface area (TPSA) is 120 Å². The molecule has 4 N–H and O–H groups in total. The summed E-state index contributed by atoms with van der Waals surface area (Å²) < 4.78 is 17.3. The highest BCUT2D eigenvalue weighted by Crippen LogP contribution is 2.50. The third kappa shape index (κ3) is 2.09. The standard InChI is InChI=1S/C14H17N3O5S/c1-13(2)21-9-7(3-18)20-14(19,10(9)22-13)11-8-6(4-23-11)12(15)17-5-16-8/h4-5,7,9-10,18-19H,3H2,1-2H3,(H2,15,16,17). The molecule has 0 aliphatic carbocycles. The van der Waals surface area contributed by atoms with Crippen LogP contribution in [0.5, 0.6) is 0 Å². The van der Waals surface area contributed by atoms with Crippen LogP contribution in [0.1, 0.15) is 18.7 Å². The molecule has 124 valence electrons. The summed E-state index contributed by atoms with van der Waals surface area (Å²) in [4.78, 5) is 8.63. The lowest BCUT2D eigenvalue weighted by Gasteiger charge is -2.29. The summed E-state index contributed by atoms with van der Waals surface area (Å²) >= 11 is 1.26. The maximum atomic E-state index is 11.2. The van der Waals surface area contributed by atoms with Gasteiger partial charge in [0.25, 0.3) is 0 Å². The lowest BCUT2D eigenvalue weighted by Crippen LogP contribution is -2.40. The molecule has 0 saturated carbocycles. The molecular formula is C14H17N3O5S. The van der Waals surface area contributed by atoms with Crippen molar-refractivity contribution in [3.8, 4) is 0 Å². The van der Waals surface area contributed by atoms with E-state index in [0.717, 1.165) is 0 Å². The Hall–Kier alpha value is -1.36. The molecule has 2 fully saturated rings. The Kier molecular flexibility index (Phi) is 3.18. The van der Waals surface area contributed by atoms with Gasteiger partial charge in [0.05, 0.1) is 22.4 Å². The Morgan fingerprint density at radius 1 is 1.30 bits per heavy atom. The summed E-state index contributed by atoms with van der Waals surface area (Å²) in [5.74, 6) is -2.31. The summed E-state index contributed by atoms with van der Waals surface area (Å²) in [6.07, 6.45) is -0.699. The van der Waals surface area contributed by atoms with Crippen LogP contribution >= 0.6 is 11.3 Å². The van der Waals surface area contributed by atoms with E-state index in [9.17, 15) is 10.2 Å². The van der Waals surface area contributed by atoms with Gasteiger partial charge in [0.1, 0.15) is 30.5 Å². The molecule has 2 aromatic heterocycles. The van der Waals surface area contributed by atoms with Gasteiger partial charge in [-0.15, -0.1) is 11.3 Å². The van der Waals surface area contributed by atoms with Gasteiger partial charge in [-0.3, -0.25) is 0 Å². The van der Waals surface area contributed by atoms with Crippen LogP contribution in [0.3, 0.4) is 0 Å². The van der Waals surface area contributed by atoms with Gasteiger partial charge >= 0.3 is 0 Å². The molecule has 0 radical (unpaired) electrons. The van der Waals surface area contributed by atoms with E-state index >= 15 is 0 Å². The summed E-state index contributed by atoms with van der Waals surface area (Å²) in [7, 11) is 0. The number of aromatic nitrogens is 2. The molecule has 23 heavy (non-hydrogen) atoms. The number of hydrogen-bond acceptors (Lipinski definition) is 9. The number of nitrogens with two attached hydrogens (primary N) is 1. The fourth-order valence-corrected chi connectivity index (χ4v) is 4.26. The van der Waals surface area contributed by atoms with Crippen LogP contribution in [0.4, 0.5) is 5.82 Å². The Bertz CT molecular complexity index is 766. The minimum atomic E-state index is -1.76. The summed E-state index contributed by atoms with van der Waals surface area (Å²) in [5, 5.41) is 23.2. The van der Waals surface area contributed by atoms with Gasteiger partial charge in [-0.2, -0.15) is 0 Å². The van der Waals surface area contributed by atoms with Crippen LogP contribution in [-0.4, -0.2) is 50.9 Å². The normalized spacial score (nSPS) is 35.7. The third-order valence-electron chi connectivity index (χ3n) is 4.14. The molecular weight excluding hydrogens is 322 g/mol. The third-order valence-corrected chi connectivity index (χ3v) is 5.22. The Labute approximate surface area is 135 Å². The van der Waals surface area contributed by atoms with Gasteiger partial charge in [-0.05, 0) is 13.8 Å². The van der Waals surface area contributed by atoms with E-state index in [-0.39, 0.29) is 6.61 Å². The number of thiophene rings is 1. The lowest BCUT2D eigenvalue weighted by molar-refractivity contribution is -0.281. The van der Waals surface area contributed by atoms with E-state index in [4.69, 9.17) is 19.9 Å². The number of nitrogens with zero attached hydrogens (tertiary/aromatic N) is 2. The molecule has 2 aliphatic rings. The van der Waals surface area contributed by atoms with Gasteiger partial charge < -0.3 is 30.2 Å². The molecule has 2 aromatic rings. The van der Waals surface area contributed by atoms with Crippen LogP contribution < -0.4 is 5.73 Å². The maximum absolute atomic E-state index is 11.2. The van der Waals surface area contributed by atoms with Gasteiger partial charge in [-0.1, -0.05) is 0 Å². The number of anilines is 1. The second-order valence-electron chi connectivity index (χ2n) is 6.14. The van der Waals surface area contributed by atoms with E-state index in [0.29, 0.717) is 21.6 Å². The van der Waals surface area contributed by atoms with Gasteiger partial charge in [0.2, 0.25) is 5.79 Å². The number of fused-ring (bicyclic) bond motifs is 2. The van der Waals surface area contributed by atoms with E-state index in [1.54, 1.807) is 19.2 Å². The van der Waals surface area contributed by atoms with Gasteiger partial charge in [0.15, 0.2) is 5.79 Å². The first-order chi connectivity index (χ1) is 10.9. The van der Waals surface area contributed by atoms with Crippen molar-refractivity contribution in [2.45, 2.75) is 43.7 Å². The number of hydrogen-bond donors (Lipinski definition) is 3. The van der Waals surface area contributed by atoms with Crippen molar-refractivity contribution in [2.75, 3.05) is 12.3 Å². The van der Waals surface area contributed by atoms with Crippen LogP contribution in [0.2, 0.25) is 0 Å². The molecule has 0 spiro atoms. The molecule has 8 nitrogen and oxygen atoms in total. The zero-order chi connectivity index (χ0) is 16.4. The van der Waals surface area contributed by atoms with E-state index in [2.05, 4.69) is 9.97 Å². The summed E-state index contributed by atoms with van der Waals surface area (Å²) in [5.41, 5.74) is 6.36. The highest BCUT2D eigenvalue weighted by Gasteiger charge is 2.64. The first-order valence-corrected chi connectivity index (χ1v) is 8.08. The SMILES string of the molecule is CC1(C)OC2C(CO)OC(O)(c3scc4c(N)ncnc34)C2O1. The average molecular weight is 339 g/mol. The van der Waals surface area contributed by atoms with E-state index < -0.39 is 29.9 Å². The molecule has 4 atom stereocenters. The minimum Gasteiger partial charge on any atom is -0.394 e. The second-order valence-corrected chi connectivity index (χ2v) is 7.02. The first kappa shape index (κ1) is 15.2. The predicted octanol–water partition coefficient (Wildman–Crippen LogP) is 0.330. The Morgan fingerprint density at radius 2 is 2.09 bits per heavy atom. The van der Waals surface area contributed by atoms with Gasteiger partial charge in [0, 0.05) is 5.38 Å². The fraction of sp³-hybridized carbons (Fsp3) is 0.571. The number of nitrogen functional groups attached to an aromatic ring is 1. The van der Waals surface area contributed by atoms with E-state index in [1.807, 2.05) is 0 Å². The van der Waals surface area contributed by atoms with Gasteiger partial charge in [-0.25, -0.2) is 9.97 Å². The monoisotopic (exact) mass is 339 g/mol. The average Bonchev–Trinajstić information content (AvgIpc) is 3.12. The smallest absolute Gasteiger partial charge is 0.234 e. The van der Waals surface area contributed by atoms with Crippen molar-refractivity contribution in [2.24, 2.45) is 0 Å². The zero-order valence-electron chi connectivity index (χ0n) is 12.6. The molecule has 4 heterocycles. The van der Waals surface area contributed by atoms with Crippen molar-refractivity contribution in [1.82, 2.24) is 9.97 Å². The second kappa shape index (κ2) is 4.82. The molecule has 4 unspecified atom stereocenters. The molecule has 4 rings (SSSR count). The van der Waals surface area contributed by atoms with Crippen LogP contribution in [0.15, 0.2) is 11.7 Å². The molecule has 9 heteroatoms. The van der Waals surface area contributed by atoms with Crippen molar-refractivity contribution >= 4 is 28.1 Å². The highest BCUT2D eigenvalue weighted by atomic mass is 32.1. The first-order valence-electron chi connectivity index (χ1n) is 7.20. The van der Waals surface area contributed by atoms with Crippen molar-refractivity contribution in [3.05, 3.63) is 16.6 Å². The van der Waals surface area contributed by atoms with Crippen LogP contribution in [0.25, 0.3) is 10.9 Å². The van der Waals surface area contributed by atoms with E-state index in [1.165, 1.54) is 17.7 Å². The maximum Gasteiger partial charge on any atom is 0.234 e. The molecule has 0 aromatic carbocycles. The number of aliphatic hydroxyl groups is 2.